The zero-order valence-corrected chi connectivity index (χ0v) is 15.1. The Morgan fingerprint density at radius 2 is 1.74 bits per heavy atom. The monoisotopic (exact) mass is 320 g/mol. The smallest absolute Gasteiger partial charge is 0.311 e. The summed E-state index contributed by atoms with van der Waals surface area (Å²) in [6, 6.07) is 0. The second-order valence-corrected chi connectivity index (χ2v) is 9.78. The van der Waals surface area contributed by atoms with Gasteiger partial charge < -0.3 is 9.47 Å². The third-order valence-electron chi connectivity index (χ3n) is 7.36. The van der Waals surface area contributed by atoms with Gasteiger partial charge in [-0.15, -0.1) is 0 Å². The van der Waals surface area contributed by atoms with E-state index in [1.165, 1.54) is 25.7 Å². The molecule has 3 heteroatoms. The lowest BCUT2D eigenvalue weighted by Gasteiger charge is -2.36. The normalized spacial score (nSPS) is 46.2. The van der Waals surface area contributed by atoms with Crippen molar-refractivity contribution in [3.8, 4) is 0 Å². The highest BCUT2D eigenvalue weighted by Gasteiger charge is 2.64. The molecule has 0 aromatic heterocycles. The lowest BCUT2D eigenvalue weighted by Crippen LogP contribution is -2.34. The molecular formula is C20H32O3. The molecule has 4 fully saturated rings. The summed E-state index contributed by atoms with van der Waals surface area (Å²) in [5.41, 5.74) is 0.512. The standard InChI is InChI=1S/C20H32O3/c1-11(2)22-10-23-19(21)16-7-12-6-15(16)18-14-5-13(17(12)18)8-20(3,4)9-14/h11-18H,5-10H2,1-4H3. The molecule has 0 N–H and O–H groups in total. The summed E-state index contributed by atoms with van der Waals surface area (Å²) in [4.78, 5) is 12.5. The van der Waals surface area contributed by atoms with Crippen molar-refractivity contribution >= 4 is 5.97 Å². The van der Waals surface area contributed by atoms with Crippen LogP contribution in [0.25, 0.3) is 0 Å². The molecule has 3 nitrogen and oxygen atoms in total. The molecule has 0 heterocycles. The molecule has 4 saturated carbocycles. The van der Waals surface area contributed by atoms with Gasteiger partial charge >= 0.3 is 5.97 Å². The first-order chi connectivity index (χ1) is 10.9. The Morgan fingerprint density at radius 1 is 1.04 bits per heavy atom. The number of hydrogen-bond acceptors (Lipinski definition) is 3. The molecule has 130 valence electrons. The van der Waals surface area contributed by atoms with Crippen LogP contribution < -0.4 is 0 Å². The molecule has 4 aliphatic carbocycles. The highest BCUT2D eigenvalue weighted by atomic mass is 16.7. The predicted molar refractivity (Wildman–Crippen MR) is 88.5 cm³/mol. The summed E-state index contributed by atoms with van der Waals surface area (Å²) >= 11 is 0. The van der Waals surface area contributed by atoms with E-state index in [2.05, 4.69) is 13.8 Å². The van der Waals surface area contributed by atoms with Crippen LogP contribution >= 0.6 is 0 Å². The van der Waals surface area contributed by atoms with Crippen LogP contribution in [0.1, 0.15) is 59.8 Å². The first-order valence-electron chi connectivity index (χ1n) is 9.64. The van der Waals surface area contributed by atoms with Crippen LogP contribution in [0.15, 0.2) is 0 Å². The Kier molecular flexibility index (Phi) is 3.79. The number of hydrogen-bond donors (Lipinski definition) is 0. The fourth-order valence-corrected chi connectivity index (χ4v) is 7.06. The van der Waals surface area contributed by atoms with Gasteiger partial charge in [-0.1, -0.05) is 13.8 Å². The summed E-state index contributed by atoms with van der Waals surface area (Å²) in [7, 11) is 0. The molecule has 7 atom stereocenters. The molecule has 0 radical (unpaired) electrons. The van der Waals surface area contributed by atoms with E-state index in [-0.39, 0.29) is 24.8 Å². The molecule has 0 saturated heterocycles. The SMILES string of the molecule is CC(C)OCOC(=O)C1CC2CC1C1C3CC(CC(C)(C)C3)C21. The maximum Gasteiger partial charge on any atom is 0.311 e. The summed E-state index contributed by atoms with van der Waals surface area (Å²) in [5.74, 6) is 5.08. The van der Waals surface area contributed by atoms with Crippen LogP contribution in [-0.2, 0) is 14.3 Å². The Labute approximate surface area is 140 Å². The van der Waals surface area contributed by atoms with Crippen LogP contribution in [0.3, 0.4) is 0 Å². The summed E-state index contributed by atoms with van der Waals surface area (Å²) in [6.07, 6.45) is 6.69. The van der Waals surface area contributed by atoms with E-state index in [1.54, 1.807) is 0 Å². The third-order valence-corrected chi connectivity index (χ3v) is 7.36. The largest absolute Gasteiger partial charge is 0.438 e. The highest BCUT2D eigenvalue weighted by molar-refractivity contribution is 5.73. The van der Waals surface area contributed by atoms with Crippen LogP contribution in [0.4, 0.5) is 0 Å². The van der Waals surface area contributed by atoms with Gasteiger partial charge in [0, 0.05) is 0 Å². The molecular weight excluding hydrogens is 288 g/mol. The molecule has 4 rings (SSSR count). The number of fused-ring (bicyclic) bond motifs is 9. The van der Waals surface area contributed by atoms with Gasteiger partial charge in [0.25, 0.3) is 0 Å². The molecule has 4 bridgehead atoms. The van der Waals surface area contributed by atoms with Gasteiger partial charge in [-0.05, 0) is 86.9 Å². The first kappa shape index (κ1) is 15.9. The van der Waals surface area contributed by atoms with Gasteiger partial charge in [-0.25, -0.2) is 0 Å². The first-order valence-corrected chi connectivity index (χ1v) is 9.64. The second-order valence-electron chi connectivity index (χ2n) is 9.78. The van der Waals surface area contributed by atoms with Crippen LogP contribution in [0.5, 0.6) is 0 Å². The zero-order chi connectivity index (χ0) is 16.4. The van der Waals surface area contributed by atoms with Crippen LogP contribution in [-0.4, -0.2) is 18.9 Å². The number of ether oxygens (including phenoxy) is 2. The maximum atomic E-state index is 12.5. The molecule has 0 amide bonds. The fraction of sp³-hybridized carbons (Fsp3) is 0.950. The van der Waals surface area contributed by atoms with Crippen molar-refractivity contribution in [2.75, 3.05) is 6.79 Å². The van der Waals surface area contributed by atoms with Crippen molar-refractivity contribution in [3.63, 3.8) is 0 Å². The van der Waals surface area contributed by atoms with Gasteiger partial charge in [0.2, 0.25) is 0 Å². The van der Waals surface area contributed by atoms with E-state index in [4.69, 9.17) is 9.47 Å². The van der Waals surface area contributed by atoms with Crippen molar-refractivity contribution in [3.05, 3.63) is 0 Å². The lowest BCUT2D eigenvalue weighted by molar-refractivity contribution is -0.167. The quantitative estimate of drug-likeness (QED) is 0.441. The van der Waals surface area contributed by atoms with Gasteiger partial charge in [0.05, 0.1) is 12.0 Å². The number of carbonyl (C=O) groups is 1. The van der Waals surface area contributed by atoms with E-state index in [1.807, 2.05) is 13.8 Å². The molecule has 0 aromatic rings. The zero-order valence-electron chi connectivity index (χ0n) is 15.1. The Balaban J connectivity index is 1.43. The number of esters is 1. The van der Waals surface area contributed by atoms with Gasteiger partial charge in [0.1, 0.15) is 0 Å². The van der Waals surface area contributed by atoms with Gasteiger partial charge in [-0.3, -0.25) is 4.79 Å². The highest BCUT2D eigenvalue weighted by Crippen LogP contribution is 2.69. The maximum absolute atomic E-state index is 12.5. The van der Waals surface area contributed by atoms with E-state index in [0.717, 1.165) is 36.0 Å². The van der Waals surface area contributed by atoms with Crippen molar-refractivity contribution in [2.45, 2.75) is 65.9 Å². The second kappa shape index (κ2) is 5.47. The Hall–Kier alpha value is -0.570. The van der Waals surface area contributed by atoms with Gasteiger partial charge in [0.15, 0.2) is 6.79 Å². The molecule has 0 spiro atoms. The van der Waals surface area contributed by atoms with E-state index >= 15 is 0 Å². The molecule has 23 heavy (non-hydrogen) atoms. The van der Waals surface area contributed by atoms with Crippen molar-refractivity contribution in [1.29, 1.82) is 0 Å². The summed E-state index contributed by atoms with van der Waals surface area (Å²) in [5, 5.41) is 0. The average molecular weight is 320 g/mol. The minimum atomic E-state index is 0.0114. The Morgan fingerprint density at radius 3 is 2.43 bits per heavy atom. The molecule has 0 aliphatic heterocycles. The van der Waals surface area contributed by atoms with Crippen LogP contribution in [0.2, 0.25) is 0 Å². The summed E-state index contributed by atoms with van der Waals surface area (Å²) < 4.78 is 10.8. The number of rotatable bonds is 4. The van der Waals surface area contributed by atoms with Crippen molar-refractivity contribution in [1.82, 2.24) is 0 Å². The Bertz CT molecular complexity index is 483. The van der Waals surface area contributed by atoms with E-state index < -0.39 is 0 Å². The average Bonchev–Trinajstić information content (AvgIpc) is 3.08. The van der Waals surface area contributed by atoms with E-state index in [9.17, 15) is 4.79 Å². The summed E-state index contributed by atoms with van der Waals surface area (Å²) in [6.45, 7) is 8.96. The van der Waals surface area contributed by atoms with E-state index in [0.29, 0.717) is 11.3 Å². The lowest BCUT2D eigenvalue weighted by atomic mass is 9.69. The molecule has 7 unspecified atom stereocenters. The minimum absolute atomic E-state index is 0.0114. The van der Waals surface area contributed by atoms with Crippen molar-refractivity contribution < 1.29 is 14.3 Å². The third kappa shape index (κ3) is 2.63. The van der Waals surface area contributed by atoms with Crippen molar-refractivity contribution in [2.24, 2.45) is 46.8 Å². The number of carbonyl (C=O) groups excluding carboxylic acids is 1. The fourth-order valence-electron chi connectivity index (χ4n) is 7.06. The van der Waals surface area contributed by atoms with Gasteiger partial charge in [-0.2, -0.15) is 0 Å². The predicted octanol–water partition coefficient (Wildman–Crippen LogP) is 4.26. The molecule has 4 aliphatic rings. The molecule has 0 aromatic carbocycles. The topological polar surface area (TPSA) is 35.5 Å². The van der Waals surface area contributed by atoms with Crippen LogP contribution in [0, 0.1) is 46.8 Å². The minimum Gasteiger partial charge on any atom is -0.438 e.